The van der Waals surface area contributed by atoms with Crippen molar-refractivity contribution in [3.05, 3.63) is 82.4 Å². The summed E-state index contributed by atoms with van der Waals surface area (Å²) in [5.74, 6) is -0.222. The van der Waals surface area contributed by atoms with E-state index in [0.717, 1.165) is 17.7 Å². The third kappa shape index (κ3) is 5.83. The van der Waals surface area contributed by atoms with Gasteiger partial charge in [0.25, 0.3) is 11.8 Å². The maximum absolute atomic E-state index is 13.0. The lowest BCUT2D eigenvalue weighted by Crippen LogP contribution is -2.24. The van der Waals surface area contributed by atoms with E-state index in [1.54, 1.807) is 38.2 Å². The molecule has 0 unspecified atom stereocenters. The number of nitrogen functional groups attached to an aromatic ring is 1. The number of amides is 2. The minimum atomic E-state index is -4.63. The number of benzene rings is 3. The van der Waals surface area contributed by atoms with Gasteiger partial charge in [-0.2, -0.15) is 13.2 Å². The Morgan fingerprint density at radius 3 is 2.36 bits per heavy atom. The molecule has 0 bridgehead atoms. The molecule has 0 heterocycles. The van der Waals surface area contributed by atoms with Gasteiger partial charge >= 0.3 is 6.18 Å². The second-order valence-electron chi connectivity index (χ2n) is 7.96. The third-order valence-corrected chi connectivity index (χ3v) is 5.47. The Morgan fingerprint density at radius 2 is 1.75 bits per heavy atom. The minimum absolute atomic E-state index is 0.117. The van der Waals surface area contributed by atoms with Gasteiger partial charge in [-0.1, -0.05) is 13.0 Å². The SMILES string of the molecule is CCc1ccc(Oc2ccc(NC(=O)C(=N)c3cc(C(F)(F)F)ccc3N)cc2C)cc1C(=O)NC. The number of ether oxygens (including phenoxy) is 1. The van der Waals surface area contributed by atoms with Crippen molar-refractivity contribution in [1.82, 2.24) is 5.32 Å². The molecule has 0 aromatic heterocycles. The van der Waals surface area contributed by atoms with Gasteiger partial charge in [-0.3, -0.25) is 15.0 Å². The molecule has 0 saturated heterocycles. The van der Waals surface area contributed by atoms with Crippen molar-refractivity contribution in [3.8, 4) is 11.5 Å². The summed E-state index contributed by atoms with van der Waals surface area (Å²) >= 11 is 0. The average molecular weight is 499 g/mol. The van der Waals surface area contributed by atoms with Crippen molar-refractivity contribution in [3.63, 3.8) is 0 Å². The molecule has 0 atom stereocenters. The summed E-state index contributed by atoms with van der Waals surface area (Å²) < 4.78 is 45.0. The topological polar surface area (TPSA) is 117 Å². The fraction of sp³-hybridized carbons (Fsp3) is 0.192. The van der Waals surface area contributed by atoms with Crippen LogP contribution in [0.25, 0.3) is 0 Å². The van der Waals surface area contributed by atoms with E-state index in [4.69, 9.17) is 15.9 Å². The van der Waals surface area contributed by atoms with Crippen LogP contribution >= 0.6 is 0 Å². The van der Waals surface area contributed by atoms with Crippen LogP contribution in [-0.4, -0.2) is 24.6 Å². The summed E-state index contributed by atoms with van der Waals surface area (Å²) in [7, 11) is 1.55. The quantitative estimate of drug-likeness (QED) is 0.261. The molecule has 3 rings (SSSR count). The number of hydrogen-bond acceptors (Lipinski definition) is 5. The van der Waals surface area contributed by atoms with Gasteiger partial charge in [-0.15, -0.1) is 0 Å². The number of nitrogens with two attached hydrogens (primary N) is 1. The third-order valence-electron chi connectivity index (χ3n) is 5.47. The smallest absolute Gasteiger partial charge is 0.416 e. The molecule has 3 aromatic carbocycles. The predicted octanol–water partition coefficient (Wildman–Crippen LogP) is 5.32. The van der Waals surface area contributed by atoms with Gasteiger partial charge in [0.05, 0.1) is 5.56 Å². The van der Waals surface area contributed by atoms with Crippen LogP contribution in [-0.2, 0) is 17.4 Å². The molecule has 188 valence electrons. The highest BCUT2D eigenvalue weighted by Gasteiger charge is 2.31. The van der Waals surface area contributed by atoms with E-state index < -0.39 is 23.4 Å². The van der Waals surface area contributed by atoms with Crippen molar-refractivity contribution in [2.75, 3.05) is 18.1 Å². The zero-order valence-corrected chi connectivity index (χ0v) is 19.8. The Balaban J connectivity index is 1.78. The van der Waals surface area contributed by atoms with Gasteiger partial charge in [-0.25, -0.2) is 0 Å². The summed E-state index contributed by atoms with van der Waals surface area (Å²) in [4.78, 5) is 24.7. The molecule has 0 aliphatic carbocycles. The van der Waals surface area contributed by atoms with Crippen LogP contribution in [0.2, 0.25) is 0 Å². The number of hydrogen-bond donors (Lipinski definition) is 4. The number of carbonyl (C=O) groups excluding carboxylic acids is 2. The van der Waals surface area contributed by atoms with Crippen molar-refractivity contribution in [2.45, 2.75) is 26.4 Å². The summed E-state index contributed by atoms with van der Waals surface area (Å²) in [5.41, 5.74) is 5.90. The Labute approximate surface area is 206 Å². The van der Waals surface area contributed by atoms with Gasteiger partial charge in [0.2, 0.25) is 0 Å². The highest BCUT2D eigenvalue weighted by Crippen LogP contribution is 2.32. The molecule has 36 heavy (non-hydrogen) atoms. The van der Waals surface area contributed by atoms with Gasteiger partial charge in [0, 0.05) is 29.5 Å². The number of halogens is 3. The maximum atomic E-state index is 13.0. The van der Waals surface area contributed by atoms with E-state index in [1.165, 1.54) is 6.07 Å². The molecule has 10 heteroatoms. The normalized spacial score (nSPS) is 11.1. The standard InChI is InChI=1S/C26H25F3N4O3/c1-4-15-5-8-18(13-19(15)24(34)32-3)36-22-10-7-17(11-14(22)2)33-25(35)23(31)20-12-16(26(27,28)29)6-9-21(20)30/h5-13,31H,4,30H2,1-3H3,(H,32,34)(H,33,35). The highest BCUT2D eigenvalue weighted by molar-refractivity contribution is 6.48. The van der Waals surface area contributed by atoms with E-state index >= 15 is 0 Å². The fourth-order valence-electron chi connectivity index (χ4n) is 3.51. The Morgan fingerprint density at radius 1 is 1.03 bits per heavy atom. The van der Waals surface area contributed by atoms with E-state index in [0.29, 0.717) is 40.8 Å². The van der Waals surface area contributed by atoms with Crippen LogP contribution in [0.15, 0.2) is 54.6 Å². The molecule has 0 aliphatic rings. The molecule has 3 aromatic rings. The first-order valence-corrected chi connectivity index (χ1v) is 10.9. The lowest BCUT2D eigenvalue weighted by Gasteiger charge is -2.14. The van der Waals surface area contributed by atoms with Crippen molar-refractivity contribution >= 4 is 28.9 Å². The highest BCUT2D eigenvalue weighted by atomic mass is 19.4. The molecular weight excluding hydrogens is 473 g/mol. The zero-order chi connectivity index (χ0) is 26.6. The Kier molecular flexibility index (Phi) is 7.67. The average Bonchev–Trinajstić information content (AvgIpc) is 2.84. The van der Waals surface area contributed by atoms with Crippen LogP contribution in [0, 0.1) is 12.3 Å². The maximum Gasteiger partial charge on any atom is 0.416 e. The second kappa shape index (κ2) is 10.5. The first kappa shape index (κ1) is 26.3. The number of nitrogens with one attached hydrogen (secondary N) is 3. The summed E-state index contributed by atoms with van der Waals surface area (Å²) in [6.07, 6.45) is -3.96. The largest absolute Gasteiger partial charge is 0.457 e. The number of aryl methyl sites for hydroxylation is 2. The molecular formula is C26H25F3N4O3. The van der Waals surface area contributed by atoms with Crippen LogP contribution in [0.5, 0.6) is 11.5 Å². The number of carbonyl (C=O) groups is 2. The molecule has 0 fully saturated rings. The van der Waals surface area contributed by atoms with Crippen molar-refractivity contribution in [2.24, 2.45) is 0 Å². The number of rotatable bonds is 7. The predicted molar refractivity (Wildman–Crippen MR) is 132 cm³/mol. The number of alkyl halides is 3. The van der Waals surface area contributed by atoms with Crippen LogP contribution in [0.3, 0.4) is 0 Å². The van der Waals surface area contributed by atoms with Gasteiger partial charge in [0.15, 0.2) is 0 Å². The monoisotopic (exact) mass is 498 g/mol. The first-order valence-electron chi connectivity index (χ1n) is 10.9. The summed E-state index contributed by atoms with van der Waals surface area (Å²) in [6, 6.07) is 12.4. The Bertz CT molecular complexity index is 1340. The lowest BCUT2D eigenvalue weighted by atomic mass is 10.0. The van der Waals surface area contributed by atoms with E-state index in [1.807, 2.05) is 13.0 Å². The lowest BCUT2D eigenvalue weighted by molar-refractivity contribution is -0.137. The summed E-state index contributed by atoms with van der Waals surface area (Å²) in [6.45, 7) is 3.68. The molecule has 0 saturated carbocycles. The van der Waals surface area contributed by atoms with Crippen molar-refractivity contribution < 1.29 is 27.5 Å². The first-order chi connectivity index (χ1) is 16.9. The zero-order valence-electron chi connectivity index (χ0n) is 19.8. The molecule has 0 aliphatic heterocycles. The summed E-state index contributed by atoms with van der Waals surface area (Å²) in [5, 5.41) is 13.2. The van der Waals surface area contributed by atoms with Crippen LogP contribution in [0.1, 0.15) is 39.5 Å². The van der Waals surface area contributed by atoms with E-state index in [2.05, 4.69) is 10.6 Å². The van der Waals surface area contributed by atoms with Gasteiger partial charge < -0.3 is 21.1 Å². The van der Waals surface area contributed by atoms with Crippen LogP contribution in [0.4, 0.5) is 24.5 Å². The van der Waals surface area contributed by atoms with E-state index in [9.17, 15) is 22.8 Å². The van der Waals surface area contributed by atoms with E-state index in [-0.39, 0.29) is 17.2 Å². The molecule has 5 N–H and O–H groups in total. The molecule has 0 spiro atoms. The van der Waals surface area contributed by atoms with Gasteiger partial charge in [0.1, 0.15) is 17.2 Å². The van der Waals surface area contributed by atoms with Crippen molar-refractivity contribution in [1.29, 1.82) is 5.41 Å². The van der Waals surface area contributed by atoms with Gasteiger partial charge in [-0.05, 0) is 73.0 Å². The molecule has 2 amide bonds. The van der Waals surface area contributed by atoms with Crippen LogP contribution < -0.4 is 21.1 Å². The minimum Gasteiger partial charge on any atom is -0.457 e. The fourth-order valence-corrected chi connectivity index (χ4v) is 3.51. The molecule has 0 radical (unpaired) electrons. The number of anilines is 2. The second-order valence-corrected chi connectivity index (χ2v) is 7.96. The Hall–Kier alpha value is -4.34. The molecule has 7 nitrogen and oxygen atoms in total.